The van der Waals surface area contributed by atoms with E-state index in [1.54, 1.807) is 12.3 Å². The third kappa shape index (κ3) is 7.67. The maximum absolute atomic E-state index is 12.3. The lowest BCUT2D eigenvalue weighted by molar-refractivity contribution is -0.274. The molecule has 2 N–H and O–H groups in total. The molecule has 6 nitrogen and oxygen atoms in total. The molecule has 0 unspecified atom stereocenters. The van der Waals surface area contributed by atoms with Crippen molar-refractivity contribution in [1.29, 1.82) is 0 Å². The lowest BCUT2D eigenvalue weighted by Gasteiger charge is -2.12. The Hall–Kier alpha value is -3.14. The van der Waals surface area contributed by atoms with Crippen molar-refractivity contribution in [2.45, 2.75) is 32.7 Å². The lowest BCUT2D eigenvalue weighted by Crippen LogP contribution is -2.18. The van der Waals surface area contributed by atoms with Crippen LogP contribution >= 0.6 is 11.6 Å². The highest BCUT2D eigenvalue weighted by atomic mass is 35.5. The zero-order valence-corrected chi connectivity index (χ0v) is 21.1. The fourth-order valence-corrected chi connectivity index (χ4v) is 4.23. The van der Waals surface area contributed by atoms with Crippen LogP contribution in [0.2, 0.25) is 5.02 Å². The van der Waals surface area contributed by atoms with Crippen molar-refractivity contribution in [3.05, 3.63) is 71.0 Å². The average Bonchev–Trinajstić information content (AvgIpc) is 2.85. The monoisotopic (exact) mass is 532 g/mol. The number of nitrogens with one attached hydrogen (secondary N) is 2. The molecule has 2 aromatic carbocycles. The van der Waals surface area contributed by atoms with Crippen LogP contribution in [0.5, 0.6) is 5.75 Å². The number of nitrogens with zero attached hydrogens (tertiary/aromatic N) is 2. The van der Waals surface area contributed by atoms with E-state index in [2.05, 4.69) is 45.5 Å². The van der Waals surface area contributed by atoms with Crippen molar-refractivity contribution >= 4 is 39.1 Å². The molecule has 37 heavy (non-hydrogen) atoms. The number of unbranched alkanes of at least 4 members (excludes halogenated alkanes) is 1. The van der Waals surface area contributed by atoms with Crippen LogP contribution in [0.25, 0.3) is 21.7 Å². The van der Waals surface area contributed by atoms with Gasteiger partial charge < -0.3 is 20.1 Å². The molecule has 196 valence electrons. The van der Waals surface area contributed by atoms with Crippen LogP contribution in [-0.2, 0) is 11.3 Å². The van der Waals surface area contributed by atoms with Crippen LogP contribution in [-0.4, -0.2) is 42.6 Å². The summed E-state index contributed by atoms with van der Waals surface area (Å²) >= 11 is 5.88. The number of pyridine rings is 2. The molecule has 0 bridgehead atoms. The molecule has 0 radical (unpaired) electrons. The third-order valence-electron chi connectivity index (χ3n) is 5.73. The van der Waals surface area contributed by atoms with E-state index in [0.29, 0.717) is 26.3 Å². The van der Waals surface area contributed by atoms with Crippen molar-refractivity contribution in [3.63, 3.8) is 0 Å². The zero-order valence-electron chi connectivity index (χ0n) is 20.4. The minimum absolute atomic E-state index is 0.0719. The molecule has 0 atom stereocenters. The van der Waals surface area contributed by atoms with Gasteiger partial charge in [0, 0.05) is 48.2 Å². The highest BCUT2D eigenvalue weighted by molar-refractivity contribution is 6.32. The van der Waals surface area contributed by atoms with Gasteiger partial charge in [-0.15, -0.1) is 13.2 Å². The van der Waals surface area contributed by atoms with Gasteiger partial charge in [-0.3, -0.25) is 4.98 Å². The van der Waals surface area contributed by atoms with Crippen LogP contribution in [0.3, 0.4) is 0 Å². The summed E-state index contributed by atoms with van der Waals surface area (Å²) in [6, 6.07) is 12.5. The first kappa shape index (κ1) is 26.9. The van der Waals surface area contributed by atoms with Crippen LogP contribution in [0.1, 0.15) is 24.0 Å². The zero-order chi connectivity index (χ0) is 26.3. The van der Waals surface area contributed by atoms with Crippen molar-refractivity contribution in [2.24, 2.45) is 0 Å². The standard InChI is InChI=1S/C27H28ClF3N4O2/c1-18-4-6-20-22-17-33-10-8-21(22)26(35-24(20)14-18)34-11-13-36-12-3-2-9-32-16-19-5-7-25(23(28)15-19)37-27(29,30)31/h4-8,10,14-15,17,32H,2-3,9,11-13,16H2,1H3,(H,34,35). The fraction of sp³-hybridized carbons (Fsp3) is 0.333. The van der Waals surface area contributed by atoms with E-state index in [9.17, 15) is 13.2 Å². The largest absolute Gasteiger partial charge is 0.573 e. The molecule has 0 saturated carbocycles. The predicted octanol–water partition coefficient (Wildman–Crippen LogP) is 6.64. The first-order valence-corrected chi connectivity index (χ1v) is 12.4. The van der Waals surface area contributed by atoms with Gasteiger partial charge in [0.2, 0.25) is 0 Å². The maximum atomic E-state index is 12.3. The van der Waals surface area contributed by atoms with Gasteiger partial charge >= 0.3 is 6.36 Å². The first-order valence-electron chi connectivity index (χ1n) is 12.0. The first-order chi connectivity index (χ1) is 17.8. The van der Waals surface area contributed by atoms with Crippen LogP contribution in [0.15, 0.2) is 54.9 Å². The molecule has 4 rings (SSSR count). The summed E-state index contributed by atoms with van der Waals surface area (Å²) in [4.78, 5) is 9.10. The van der Waals surface area contributed by atoms with Gasteiger partial charge in [0.05, 0.1) is 17.1 Å². The molecule has 0 spiro atoms. The molecule has 2 aromatic heterocycles. The normalized spacial score (nSPS) is 11.8. The Kier molecular flexibility index (Phi) is 9.02. The highest BCUT2D eigenvalue weighted by Gasteiger charge is 2.32. The van der Waals surface area contributed by atoms with Crippen molar-refractivity contribution in [1.82, 2.24) is 15.3 Å². The average molecular weight is 533 g/mol. The number of benzene rings is 2. The van der Waals surface area contributed by atoms with Crippen molar-refractivity contribution < 1.29 is 22.6 Å². The van der Waals surface area contributed by atoms with E-state index < -0.39 is 12.1 Å². The molecule has 10 heteroatoms. The maximum Gasteiger partial charge on any atom is 0.573 e. The predicted molar refractivity (Wildman–Crippen MR) is 140 cm³/mol. The Morgan fingerprint density at radius 2 is 1.81 bits per heavy atom. The fourth-order valence-electron chi connectivity index (χ4n) is 3.99. The molecule has 0 fully saturated rings. The van der Waals surface area contributed by atoms with Crippen molar-refractivity contribution in [3.8, 4) is 5.75 Å². The number of aryl methyl sites for hydroxylation is 1. The number of rotatable bonds is 12. The number of hydrogen-bond acceptors (Lipinski definition) is 6. The summed E-state index contributed by atoms with van der Waals surface area (Å²) < 4.78 is 46.6. The van der Waals surface area contributed by atoms with E-state index >= 15 is 0 Å². The quantitative estimate of drug-likeness (QED) is 0.157. The number of ether oxygens (including phenoxy) is 2. The Labute approximate surface area is 218 Å². The second kappa shape index (κ2) is 12.4. The summed E-state index contributed by atoms with van der Waals surface area (Å²) in [6.45, 7) is 5.12. The SMILES string of the molecule is Cc1ccc2c(c1)nc(NCCOCCCCNCc1ccc(OC(F)(F)F)c(Cl)c1)c1ccncc12. The molecule has 0 aliphatic carbocycles. The molecule has 0 saturated heterocycles. The molecular formula is C27H28ClF3N4O2. The van der Waals surface area contributed by atoms with Gasteiger partial charge in [0.25, 0.3) is 0 Å². The topological polar surface area (TPSA) is 68.3 Å². The molecule has 0 aliphatic heterocycles. The van der Waals surface area contributed by atoms with Crippen LogP contribution in [0.4, 0.5) is 19.0 Å². The lowest BCUT2D eigenvalue weighted by atomic mass is 10.1. The van der Waals surface area contributed by atoms with Crippen molar-refractivity contribution in [2.75, 3.05) is 31.6 Å². The number of aromatic nitrogens is 2. The number of hydrogen-bond donors (Lipinski definition) is 2. The van der Waals surface area contributed by atoms with Crippen LogP contribution in [0, 0.1) is 6.92 Å². The Bertz CT molecular complexity index is 1350. The minimum atomic E-state index is -4.76. The summed E-state index contributed by atoms with van der Waals surface area (Å²) in [5.41, 5.74) is 2.87. The molecule has 0 amide bonds. The Morgan fingerprint density at radius 1 is 0.946 bits per heavy atom. The number of anilines is 1. The van der Waals surface area contributed by atoms with Gasteiger partial charge in [-0.25, -0.2) is 4.98 Å². The van der Waals surface area contributed by atoms with Crippen LogP contribution < -0.4 is 15.4 Å². The minimum Gasteiger partial charge on any atom is -0.404 e. The Balaban J connectivity index is 1.14. The Morgan fingerprint density at radius 3 is 2.62 bits per heavy atom. The summed E-state index contributed by atoms with van der Waals surface area (Å²) in [6.07, 6.45) is 0.663. The molecule has 4 aromatic rings. The van der Waals surface area contributed by atoms with E-state index in [0.717, 1.165) is 58.0 Å². The van der Waals surface area contributed by atoms with E-state index in [1.807, 2.05) is 12.3 Å². The van der Waals surface area contributed by atoms with E-state index in [1.165, 1.54) is 12.1 Å². The molecule has 2 heterocycles. The van der Waals surface area contributed by atoms with Gasteiger partial charge in [-0.1, -0.05) is 29.8 Å². The summed E-state index contributed by atoms with van der Waals surface area (Å²) in [5.74, 6) is 0.419. The highest BCUT2D eigenvalue weighted by Crippen LogP contribution is 2.31. The van der Waals surface area contributed by atoms with Gasteiger partial charge in [0.15, 0.2) is 0 Å². The van der Waals surface area contributed by atoms with E-state index in [-0.39, 0.29) is 5.02 Å². The van der Waals surface area contributed by atoms with Gasteiger partial charge in [-0.2, -0.15) is 0 Å². The number of halogens is 4. The molecular weight excluding hydrogens is 505 g/mol. The summed E-state index contributed by atoms with van der Waals surface area (Å²) in [5, 5.41) is 9.75. The number of fused-ring (bicyclic) bond motifs is 3. The third-order valence-corrected chi connectivity index (χ3v) is 6.03. The molecule has 0 aliphatic rings. The van der Waals surface area contributed by atoms with Gasteiger partial charge in [0.1, 0.15) is 11.6 Å². The second-order valence-electron chi connectivity index (χ2n) is 8.64. The summed E-state index contributed by atoms with van der Waals surface area (Å²) in [7, 11) is 0. The smallest absolute Gasteiger partial charge is 0.404 e. The second-order valence-corrected chi connectivity index (χ2v) is 9.05. The van der Waals surface area contributed by atoms with Gasteiger partial charge in [-0.05, 0) is 61.7 Å². The van der Waals surface area contributed by atoms with E-state index in [4.69, 9.17) is 21.3 Å². The number of alkyl halides is 3.